The predicted molar refractivity (Wildman–Crippen MR) is 146 cm³/mol. The zero-order valence-corrected chi connectivity index (χ0v) is 22.1. The maximum absolute atomic E-state index is 14.1. The lowest BCUT2D eigenvalue weighted by molar-refractivity contribution is -0.121. The molecule has 39 heavy (non-hydrogen) atoms. The molecule has 1 aliphatic heterocycles. The highest BCUT2D eigenvalue weighted by molar-refractivity contribution is 7.99. The topological polar surface area (TPSA) is 135 Å². The summed E-state index contributed by atoms with van der Waals surface area (Å²) in [7, 11) is 0. The number of carbonyl (C=O) groups excluding carboxylic acids is 2. The van der Waals surface area contributed by atoms with Gasteiger partial charge in [-0.1, -0.05) is 12.1 Å². The molecule has 3 N–H and O–H groups in total. The second-order valence-corrected chi connectivity index (χ2v) is 11.2. The Morgan fingerprint density at radius 3 is 2.44 bits per heavy atom. The number of para-hydroxylation sites is 1. The second kappa shape index (κ2) is 11.6. The number of phenolic OH excluding ortho intramolecular Hbond substituents is 1. The van der Waals surface area contributed by atoms with Gasteiger partial charge >= 0.3 is 5.69 Å². The van der Waals surface area contributed by atoms with E-state index < -0.39 is 23.0 Å². The third kappa shape index (κ3) is 5.70. The SMILES string of the molecule is O=C(CNC(=O)c1ccccc1O)NC1CCC(n2c(=O)c3cc(F)cnc3n(C3CCSCC3)c2=O)CC1. The molecule has 10 nitrogen and oxygen atoms in total. The van der Waals surface area contributed by atoms with Crippen LogP contribution in [-0.2, 0) is 4.79 Å². The van der Waals surface area contributed by atoms with Crippen molar-refractivity contribution >= 4 is 34.6 Å². The Kier molecular flexibility index (Phi) is 8.01. The Hall–Kier alpha value is -3.67. The van der Waals surface area contributed by atoms with Gasteiger partial charge in [0.2, 0.25) is 5.91 Å². The van der Waals surface area contributed by atoms with Gasteiger partial charge in [-0.15, -0.1) is 0 Å². The van der Waals surface area contributed by atoms with Crippen LogP contribution in [0.5, 0.6) is 5.75 Å². The fourth-order valence-corrected chi connectivity index (χ4v) is 6.56. The van der Waals surface area contributed by atoms with E-state index in [1.165, 1.54) is 16.7 Å². The number of hydrogen-bond donors (Lipinski definition) is 3. The molecule has 1 aliphatic carbocycles. The van der Waals surface area contributed by atoms with Crippen LogP contribution in [-0.4, -0.2) is 55.1 Å². The van der Waals surface area contributed by atoms with Crippen molar-refractivity contribution < 1.29 is 19.1 Å². The summed E-state index contributed by atoms with van der Waals surface area (Å²) in [5.74, 6) is 0.0765. The molecule has 0 bridgehead atoms. The first-order valence-corrected chi connectivity index (χ1v) is 14.2. The standard InChI is InChI=1S/C27H30FN5O5S/c28-16-13-21-24(29-14-16)32(19-9-11-39-12-10-19)27(38)33(26(21)37)18-7-5-17(6-8-18)31-23(35)15-30-25(36)20-3-1-2-4-22(20)34/h1-4,13-14,17-19,34H,5-12,15H2,(H,30,36)(H,31,35). The summed E-state index contributed by atoms with van der Waals surface area (Å²) in [6.45, 7) is -0.250. The lowest BCUT2D eigenvalue weighted by Gasteiger charge is -2.31. The number of aromatic nitrogens is 3. The molecule has 1 saturated heterocycles. The van der Waals surface area contributed by atoms with E-state index in [0.717, 1.165) is 36.6 Å². The van der Waals surface area contributed by atoms with Gasteiger partial charge in [0.1, 0.15) is 17.2 Å². The first-order valence-electron chi connectivity index (χ1n) is 13.1. The molecule has 0 spiro atoms. The number of nitrogens with one attached hydrogen (secondary N) is 2. The molecule has 2 aliphatic rings. The molecule has 3 aromatic rings. The largest absolute Gasteiger partial charge is 0.507 e. The zero-order chi connectivity index (χ0) is 27.5. The Bertz CT molecular complexity index is 1510. The van der Waals surface area contributed by atoms with Crippen molar-refractivity contribution in [1.29, 1.82) is 0 Å². The van der Waals surface area contributed by atoms with E-state index in [2.05, 4.69) is 15.6 Å². The number of aromatic hydroxyl groups is 1. The Balaban J connectivity index is 1.28. The molecule has 1 saturated carbocycles. The zero-order valence-electron chi connectivity index (χ0n) is 21.3. The quantitative estimate of drug-likeness (QED) is 0.425. The van der Waals surface area contributed by atoms with Gasteiger partial charge in [-0.25, -0.2) is 14.2 Å². The average Bonchev–Trinajstić information content (AvgIpc) is 2.94. The highest BCUT2D eigenvalue weighted by Gasteiger charge is 2.29. The van der Waals surface area contributed by atoms with Crippen LogP contribution in [0.2, 0.25) is 0 Å². The molecule has 0 unspecified atom stereocenters. The average molecular weight is 556 g/mol. The summed E-state index contributed by atoms with van der Waals surface area (Å²) in [5.41, 5.74) is -0.642. The third-order valence-electron chi connectivity index (χ3n) is 7.46. The summed E-state index contributed by atoms with van der Waals surface area (Å²) in [6.07, 6.45) is 4.63. The maximum atomic E-state index is 14.1. The number of thioether (sulfide) groups is 1. The van der Waals surface area contributed by atoms with E-state index in [0.29, 0.717) is 25.7 Å². The number of hydrogen-bond acceptors (Lipinski definition) is 7. The summed E-state index contributed by atoms with van der Waals surface area (Å²) >= 11 is 1.82. The van der Waals surface area contributed by atoms with Crippen LogP contribution in [0.4, 0.5) is 4.39 Å². The molecule has 5 rings (SSSR count). The molecular weight excluding hydrogens is 525 g/mol. The smallest absolute Gasteiger partial charge is 0.333 e. The summed E-state index contributed by atoms with van der Waals surface area (Å²) in [4.78, 5) is 55.9. The third-order valence-corrected chi connectivity index (χ3v) is 8.51. The number of halogens is 1. The lowest BCUT2D eigenvalue weighted by atomic mass is 9.91. The minimum Gasteiger partial charge on any atom is -0.507 e. The second-order valence-electron chi connectivity index (χ2n) is 9.97. The van der Waals surface area contributed by atoms with Crippen LogP contribution in [0.15, 0.2) is 46.1 Å². The van der Waals surface area contributed by atoms with Crippen molar-refractivity contribution in [2.45, 2.75) is 56.7 Å². The van der Waals surface area contributed by atoms with E-state index in [1.807, 2.05) is 11.8 Å². The van der Waals surface area contributed by atoms with Crippen LogP contribution >= 0.6 is 11.8 Å². The van der Waals surface area contributed by atoms with Crippen LogP contribution in [0.3, 0.4) is 0 Å². The van der Waals surface area contributed by atoms with Crippen LogP contribution < -0.4 is 21.9 Å². The minimum absolute atomic E-state index is 0.0827. The monoisotopic (exact) mass is 555 g/mol. The van der Waals surface area contributed by atoms with Gasteiger partial charge in [0.25, 0.3) is 11.5 Å². The van der Waals surface area contributed by atoms with Crippen molar-refractivity contribution in [2.75, 3.05) is 18.1 Å². The fourth-order valence-electron chi connectivity index (χ4n) is 5.48. The number of nitrogens with zero attached hydrogens (tertiary/aromatic N) is 3. The van der Waals surface area contributed by atoms with Crippen molar-refractivity contribution in [3.63, 3.8) is 0 Å². The van der Waals surface area contributed by atoms with Gasteiger partial charge in [0.15, 0.2) is 0 Å². The van der Waals surface area contributed by atoms with Crippen molar-refractivity contribution in [2.24, 2.45) is 0 Å². The summed E-state index contributed by atoms with van der Waals surface area (Å²) in [5, 5.41) is 15.3. The Labute approximate surface area is 227 Å². The molecule has 0 atom stereocenters. The summed E-state index contributed by atoms with van der Waals surface area (Å²) in [6, 6.07) is 6.57. The molecule has 1 aromatic carbocycles. The summed E-state index contributed by atoms with van der Waals surface area (Å²) < 4.78 is 16.9. The van der Waals surface area contributed by atoms with Crippen LogP contribution in [0.1, 0.15) is 61.0 Å². The van der Waals surface area contributed by atoms with Crippen molar-refractivity contribution in [3.05, 3.63) is 68.7 Å². The molecular formula is C27H30FN5O5S. The molecule has 2 fully saturated rings. The van der Waals surface area contributed by atoms with Gasteiger partial charge in [0, 0.05) is 18.1 Å². The number of carbonyl (C=O) groups is 2. The first-order chi connectivity index (χ1) is 18.8. The number of phenols is 1. The highest BCUT2D eigenvalue weighted by Crippen LogP contribution is 2.30. The minimum atomic E-state index is -0.628. The predicted octanol–water partition coefficient (Wildman–Crippen LogP) is 2.50. The Morgan fingerprint density at radius 1 is 1.03 bits per heavy atom. The van der Waals surface area contributed by atoms with Crippen LogP contribution in [0, 0.1) is 5.82 Å². The number of fused-ring (bicyclic) bond motifs is 1. The van der Waals surface area contributed by atoms with E-state index in [4.69, 9.17) is 0 Å². The highest BCUT2D eigenvalue weighted by atomic mass is 32.2. The van der Waals surface area contributed by atoms with E-state index in [9.17, 15) is 28.7 Å². The van der Waals surface area contributed by atoms with Crippen molar-refractivity contribution in [1.82, 2.24) is 24.8 Å². The van der Waals surface area contributed by atoms with E-state index in [-0.39, 0.29) is 52.9 Å². The lowest BCUT2D eigenvalue weighted by Crippen LogP contribution is -2.47. The Morgan fingerprint density at radius 2 is 1.72 bits per heavy atom. The van der Waals surface area contributed by atoms with Gasteiger partial charge in [-0.3, -0.25) is 23.5 Å². The number of amides is 2. The van der Waals surface area contributed by atoms with Gasteiger partial charge in [0.05, 0.1) is 23.7 Å². The molecule has 2 aromatic heterocycles. The molecule has 206 valence electrons. The fraction of sp³-hybridized carbons (Fsp3) is 0.444. The molecule has 3 heterocycles. The maximum Gasteiger partial charge on any atom is 0.333 e. The van der Waals surface area contributed by atoms with Crippen LogP contribution in [0.25, 0.3) is 11.0 Å². The van der Waals surface area contributed by atoms with E-state index >= 15 is 0 Å². The number of pyridine rings is 1. The number of rotatable bonds is 6. The van der Waals surface area contributed by atoms with Crippen molar-refractivity contribution in [3.8, 4) is 5.75 Å². The number of benzene rings is 1. The molecule has 12 heteroatoms. The van der Waals surface area contributed by atoms with Gasteiger partial charge < -0.3 is 15.7 Å². The van der Waals surface area contributed by atoms with E-state index in [1.54, 1.807) is 16.7 Å². The van der Waals surface area contributed by atoms with Gasteiger partial charge in [-0.05, 0) is 68.2 Å². The van der Waals surface area contributed by atoms with Gasteiger partial charge in [-0.2, -0.15) is 11.8 Å². The first kappa shape index (κ1) is 26.9. The molecule has 0 radical (unpaired) electrons. The molecule has 2 amide bonds. The normalized spacial score (nSPS) is 20.0.